The van der Waals surface area contributed by atoms with Gasteiger partial charge >= 0.3 is 0 Å². The average Bonchev–Trinajstić information content (AvgIpc) is 3.24. The van der Waals surface area contributed by atoms with Gasteiger partial charge in [0.25, 0.3) is 0 Å². The number of aromatic nitrogens is 3. The Morgan fingerprint density at radius 2 is 1.90 bits per heavy atom. The second-order valence-corrected chi connectivity index (χ2v) is 6.94. The van der Waals surface area contributed by atoms with Crippen molar-refractivity contribution in [2.75, 3.05) is 25.5 Å². The van der Waals surface area contributed by atoms with Gasteiger partial charge in [-0.05, 0) is 41.8 Å². The van der Waals surface area contributed by atoms with Gasteiger partial charge in [-0.3, -0.25) is 4.68 Å². The van der Waals surface area contributed by atoms with Crippen LogP contribution in [0.25, 0.3) is 0 Å². The smallest absolute Gasteiger partial charge is 0.191 e. The van der Waals surface area contributed by atoms with E-state index in [1.165, 1.54) is 11.1 Å². The first-order chi connectivity index (χ1) is 14.2. The van der Waals surface area contributed by atoms with Crippen molar-refractivity contribution in [3.63, 3.8) is 0 Å². The van der Waals surface area contributed by atoms with Gasteiger partial charge in [0.15, 0.2) is 5.96 Å². The Hall–Kier alpha value is -3.35. The minimum Gasteiger partial charge on any atom is -0.363 e. The molecule has 152 valence electrons. The van der Waals surface area contributed by atoms with Crippen LogP contribution in [0, 0.1) is 0 Å². The fourth-order valence-corrected chi connectivity index (χ4v) is 2.95. The number of nitrogens with zero attached hydrogens (tertiary/aromatic N) is 5. The topological polar surface area (TPSA) is 70.4 Å². The number of hydrogen-bond donors (Lipinski definition) is 2. The van der Waals surface area contributed by atoms with E-state index in [1.54, 1.807) is 6.20 Å². The first-order valence-corrected chi connectivity index (χ1v) is 9.84. The normalized spacial score (nSPS) is 11.3. The Morgan fingerprint density at radius 1 is 1.07 bits per heavy atom. The van der Waals surface area contributed by atoms with E-state index >= 15 is 0 Å². The van der Waals surface area contributed by atoms with Gasteiger partial charge in [0, 0.05) is 45.8 Å². The van der Waals surface area contributed by atoms with E-state index < -0.39 is 0 Å². The lowest BCUT2D eigenvalue weighted by molar-refractivity contribution is 0.677. The number of guanidine groups is 1. The lowest BCUT2D eigenvalue weighted by atomic mass is 10.1. The maximum Gasteiger partial charge on any atom is 0.191 e. The zero-order chi connectivity index (χ0) is 20.5. The number of anilines is 1. The molecular weight excluding hydrogens is 362 g/mol. The molecule has 2 heterocycles. The molecule has 2 aromatic heterocycles. The fraction of sp³-hybridized carbons (Fsp3) is 0.318. The number of aliphatic imine (C=N–C) groups is 1. The maximum atomic E-state index is 4.74. The summed E-state index contributed by atoms with van der Waals surface area (Å²) < 4.78 is 1.93. The van der Waals surface area contributed by atoms with Crippen LogP contribution >= 0.6 is 0 Å². The standard InChI is InChI=1S/C22H29N7/c1-4-23-22(25-15-18-10-12-24-21(14-18)28(2)3)26-16-19-8-5-6-9-20(19)17-29-13-7-11-27-29/h5-14H,4,15-17H2,1-3H3,(H2,23,25,26). The summed E-state index contributed by atoms with van der Waals surface area (Å²) in [4.78, 5) is 11.1. The van der Waals surface area contributed by atoms with E-state index in [9.17, 15) is 0 Å². The molecule has 0 fully saturated rings. The van der Waals surface area contributed by atoms with Gasteiger partial charge in [0.1, 0.15) is 5.82 Å². The van der Waals surface area contributed by atoms with Crippen molar-refractivity contribution in [3.05, 3.63) is 77.7 Å². The number of pyridine rings is 1. The molecule has 0 bridgehead atoms. The van der Waals surface area contributed by atoms with E-state index in [0.717, 1.165) is 30.4 Å². The predicted molar refractivity (Wildman–Crippen MR) is 118 cm³/mol. The molecule has 0 spiro atoms. The Kier molecular flexibility index (Phi) is 7.22. The summed E-state index contributed by atoms with van der Waals surface area (Å²) >= 11 is 0. The maximum absolute atomic E-state index is 4.74. The summed E-state index contributed by atoms with van der Waals surface area (Å²) in [6, 6.07) is 14.4. The van der Waals surface area contributed by atoms with Gasteiger partial charge in [-0.25, -0.2) is 9.98 Å². The number of hydrogen-bond acceptors (Lipinski definition) is 4. The van der Waals surface area contributed by atoms with Crippen molar-refractivity contribution in [1.29, 1.82) is 0 Å². The fourth-order valence-electron chi connectivity index (χ4n) is 2.95. The van der Waals surface area contributed by atoms with Crippen molar-refractivity contribution in [2.45, 2.75) is 26.6 Å². The Balaban J connectivity index is 1.67. The quantitative estimate of drug-likeness (QED) is 0.456. The van der Waals surface area contributed by atoms with Gasteiger partial charge in [-0.15, -0.1) is 0 Å². The van der Waals surface area contributed by atoms with Crippen molar-refractivity contribution >= 4 is 11.8 Å². The highest BCUT2D eigenvalue weighted by Gasteiger charge is 2.05. The first-order valence-electron chi connectivity index (χ1n) is 9.84. The molecule has 7 nitrogen and oxygen atoms in total. The molecule has 0 amide bonds. The molecule has 0 saturated heterocycles. The van der Waals surface area contributed by atoms with Gasteiger partial charge in [-0.2, -0.15) is 5.10 Å². The molecule has 0 aliphatic carbocycles. The van der Waals surface area contributed by atoms with Gasteiger partial charge in [-0.1, -0.05) is 24.3 Å². The average molecular weight is 392 g/mol. The van der Waals surface area contributed by atoms with Crippen LogP contribution in [0.2, 0.25) is 0 Å². The van der Waals surface area contributed by atoms with Crippen LogP contribution < -0.4 is 15.5 Å². The molecule has 0 unspecified atom stereocenters. The molecule has 3 rings (SSSR count). The summed E-state index contributed by atoms with van der Waals surface area (Å²) in [5, 5.41) is 11.1. The number of benzene rings is 1. The third kappa shape index (κ3) is 6.07. The predicted octanol–water partition coefficient (Wildman–Crippen LogP) is 2.65. The zero-order valence-corrected chi connectivity index (χ0v) is 17.3. The van der Waals surface area contributed by atoms with E-state index in [2.05, 4.69) is 58.0 Å². The van der Waals surface area contributed by atoms with Gasteiger partial charge in [0.2, 0.25) is 0 Å². The minimum absolute atomic E-state index is 0.591. The lowest BCUT2D eigenvalue weighted by Crippen LogP contribution is -2.37. The largest absolute Gasteiger partial charge is 0.363 e. The van der Waals surface area contributed by atoms with E-state index in [1.807, 2.05) is 48.2 Å². The molecule has 1 aromatic carbocycles. The minimum atomic E-state index is 0.591. The molecule has 2 N–H and O–H groups in total. The van der Waals surface area contributed by atoms with Crippen LogP contribution in [0.5, 0.6) is 0 Å². The zero-order valence-electron chi connectivity index (χ0n) is 17.3. The van der Waals surface area contributed by atoms with Crippen LogP contribution in [-0.4, -0.2) is 41.4 Å². The molecule has 0 aliphatic heterocycles. The lowest BCUT2D eigenvalue weighted by Gasteiger charge is -2.15. The second kappa shape index (κ2) is 10.3. The highest BCUT2D eigenvalue weighted by molar-refractivity contribution is 5.79. The molecular formula is C22H29N7. The van der Waals surface area contributed by atoms with E-state index in [4.69, 9.17) is 4.99 Å². The highest BCUT2D eigenvalue weighted by atomic mass is 15.3. The van der Waals surface area contributed by atoms with Crippen LogP contribution in [0.15, 0.2) is 66.0 Å². The number of rotatable bonds is 8. The Bertz CT molecular complexity index is 916. The summed E-state index contributed by atoms with van der Waals surface area (Å²) in [6.45, 7) is 4.92. The Labute approximate surface area is 172 Å². The van der Waals surface area contributed by atoms with Crippen LogP contribution in [0.4, 0.5) is 5.82 Å². The monoisotopic (exact) mass is 391 g/mol. The summed E-state index contributed by atoms with van der Waals surface area (Å²) in [5.41, 5.74) is 3.59. The molecule has 7 heteroatoms. The van der Waals surface area contributed by atoms with Crippen molar-refractivity contribution in [3.8, 4) is 0 Å². The van der Waals surface area contributed by atoms with Gasteiger partial charge in [0.05, 0.1) is 13.1 Å². The molecule has 0 radical (unpaired) electrons. The van der Waals surface area contributed by atoms with Crippen molar-refractivity contribution in [1.82, 2.24) is 25.4 Å². The molecule has 3 aromatic rings. The first kappa shape index (κ1) is 20.4. The highest BCUT2D eigenvalue weighted by Crippen LogP contribution is 2.11. The second-order valence-electron chi connectivity index (χ2n) is 6.94. The summed E-state index contributed by atoms with van der Waals surface area (Å²) in [5.74, 6) is 1.73. The van der Waals surface area contributed by atoms with Crippen molar-refractivity contribution < 1.29 is 0 Å². The number of nitrogens with one attached hydrogen (secondary N) is 2. The summed E-state index contributed by atoms with van der Waals surface area (Å²) in [6.07, 6.45) is 5.61. The molecule has 0 saturated carbocycles. The van der Waals surface area contributed by atoms with Crippen LogP contribution in [0.3, 0.4) is 0 Å². The third-order valence-corrected chi connectivity index (χ3v) is 4.49. The van der Waals surface area contributed by atoms with Gasteiger partial charge < -0.3 is 15.5 Å². The van der Waals surface area contributed by atoms with E-state index in [-0.39, 0.29) is 0 Å². The van der Waals surface area contributed by atoms with E-state index in [0.29, 0.717) is 13.1 Å². The molecule has 0 atom stereocenters. The third-order valence-electron chi connectivity index (χ3n) is 4.49. The van der Waals surface area contributed by atoms with Crippen molar-refractivity contribution in [2.24, 2.45) is 4.99 Å². The Morgan fingerprint density at radius 3 is 2.62 bits per heavy atom. The molecule has 29 heavy (non-hydrogen) atoms. The summed E-state index contributed by atoms with van der Waals surface area (Å²) in [7, 11) is 3.98. The SMILES string of the molecule is CCNC(=NCc1ccnc(N(C)C)c1)NCc1ccccc1Cn1cccn1. The molecule has 0 aliphatic rings. The van der Waals surface area contributed by atoms with Crippen LogP contribution in [-0.2, 0) is 19.6 Å². The van der Waals surface area contributed by atoms with Crippen LogP contribution in [0.1, 0.15) is 23.6 Å².